The Morgan fingerprint density at radius 2 is 2.05 bits per heavy atom. The number of hydrogen-bond acceptors (Lipinski definition) is 3. The number of carbonyl (C=O) groups excluding carboxylic acids is 1. The summed E-state index contributed by atoms with van der Waals surface area (Å²) < 4.78 is 4.93. The molecule has 0 spiro atoms. The van der Waals surface area contributed by atoms with Crippen LogP contribution in [0.15, 0.2) is 40.9 Å². The second-order valence-electron chi connectivity index (χ2n) is 5.20. The van der Waals surface area contributed by atoms with Crippen LogP contribution in [-0.4, -0.2) is 11.2 Å². The van der Waals surface area contributed by atoms with E-state index in [2.05, 4.69) is 27.9 Å². The molecule has 0 unspecified atom stereocenters. The van der Waals surface area contributed by atoms with Crippen molar-refractivity contribution in [2.24, 2.45) is 0 Å². The highest BCUT2D eigenvalue weighted by molar-refractivity contribution is 5.88. The van der Waals surface area contributed by atoms with Crippen LogP contribution >= 0.6 is 0 Å². The minimum absolute atomic E-state index is 0.246. The molecule has 3 rings (SSSR count). The predicted octanol–water partition coefficient (Wildman–Crippen LogP) is 3.18. The third kappa shape index (κ3) is 2.39. The Bertz CT molecular complexity index is 603. The van der Waals surface area contributed by atoms with Crippen LogP contribution in [0.2, 0.25) is 0 Å². The molecule has 1 heterocycles. The van der Waals surface area contributed by atoms with E-state index in [1.54, 1.807) is 13.0 Å². The number of carbonyl (C=O) groups is 1. The minimum Gasteiger partial charge on any atom is -0.360 e. The Morgan fingerprint density at radius 3 is 2.60 bits per heavy atom. The van der Waals surface area contributed by atoms with Crippen molar-refractivity contribution < 1.29 is 9.32 Å². The highest BCUT2D eigenvalue weighted by atomic mass is 16.5. The average Bonchev–Trinajstić information content (AvgIpc) is 2.80. The molecule has 5 heteroatoms. The molecule has 2 amide bonds. The number of amides is 2. The Labute approximate surface area is 117 Å². The smallest absolute Gasteiger partial charge is 0.321 e. The van der Waals surface area contributed by atoms with Gasteiger partial charge < -0.3 is 9.84 Å². The van der Waals surface area contributed by atoms with Gasteiger partial charge in [-0.1, -0.05) is 35.5 Å². The summed E-state index contributed by atoms with van der Waals surface area (Å²) in [6.45, 7) is 1.79. The number of hydrogen-bond donors (Lipinski definition) is 2. The maximum atomic E-state index is 12.1. The standard InChI is InChI=1S/C15H17N3O2/c1-11-10-13(18-20-11)16-14(19)17-15(8-5-9-15)12-6-3-2-4-7-12/h2-4,6-7,10H,5,8-9H2,1H3,(H2,16,17,18,19). The molecule has 0 saturated heterocycles. The molecule has 1 saturated carbocycles. The number of anilines is 1. The second-order valence-corrected chi connectivity index (χ2v) is 5.20. The van der Waals surface area contributed by atoms with Gasteiger partial charge in [0, 0.05) is 6.07 Å². The molecule has 0 bridgehead atoms. The molecule has 2 aromatic rings. The first kappa shape index (κ1) is 12.7. The van der Waals surface area contributed by atoms with Gasteiger partial charge in [0.15, 0.2) is 5.82 Å². The van der Waals surface area contributed by atoms with Crippen LogP contribution in [0.1, 0.15) is 30.6 Å². The van der Waals surface area contributed by atoms with Crippen molar-refractivity contribution in [2.45, 2.75) is 31.7 Å². The third-order valence-corrected chi connectivity index (χ3v) is 3.76. The van der Waals surface area contributed by atoms with Gasteiger partial charge in [0.05, 0.1) is 5.54 Å². The zero-order valence-electron chi connectivity index (χ0n) is 11.3. The molecular weight excluding hydrogens is 254 g/mol. The quantitative estimate of drug-likeness (QED) is 0.901. The second kappa shape index (κ2) is 5.00. The Morgan fingerprint density at radius 1 is 1.30 bits per heavy atom. The molecular formula is C15H17N3O2. The lowest BCUT2D eigenvalue weighted by atomic mass is 9.72. The van der Waals surface area contributed by atoms with E-state index in [1.807, 2.05) is 18.2 Å². The van der Waals surface area contributed by atoms with E-state index in [0.717, 1.165) is 24.8 Å². The molecule has 1 fully saturated rings. The summed E-state index contributed by atoms with van der Waals surface area (Å²) in [6, 6.07) is 11.5. The first-order valence-electron chi connectivity index (χ1n) is 6.76. The first-order chi connectivity index (χ1) is 9.68. The molecule has 0 aliphatic heterocycles. The Balaban J connectivity index is 1.70. The van der Waals surface area contributed by atoms with Crippen LogP contribution in [-0.2, 0) is 5.54 Å². The molecule has 1 aliphatic rings. The van der Waals surface area contributed by atoms with Gasteiger partial charge in [0.25, 0.3) is 0 Å². The van der Waals surface area contributed by atoms with Crippen molar-refractivity contribution >= 4 is 11.8 Å². The molecule has 104 valence electrons. The predicted molar refractivity (Wildman–Crippen MR) is 75.4 cm³/mol. The van der Waals surface area contributed by atoms with Gasteiger partial charge in [0.1, 0.15) is 5.76 Å². The SMILES string of the molecule is Cc1cc(NC(=O)NC2(c3ccccc3)CCC2)no1. The number of nitrogens with one attached hydrogen (secondary N) is 2. The molecule has 0 radical (unpaired) electrons. The van der Waals surface area contributed by atoms with Crippen LogP contribution in [0.25, 0.3) is 0 Å². The molecule has 5 nitrogen and oxygen atoms in total. The molecule has 1 aliphatic carbocycles. The molecule has 1 aromatic carbocycles. The van der Waals surface area contributed by atoms with Crippen molar-refractivity contribution in [1.29, 1.82) is 0 Å². The number of benzene rings is 1. The Hall–Kier alpha value is -2.30. The van der Waals surface area contributed by atoms with Crippen molar-refractivity contribution in [3.63, 3.8) is 0 Å². The number of nitrogens with zero attached hydrogens (tertiary/aromatic N) is 1. The van der Waals surface area contributed by atoms with E-state index in [9.17, 15) is 4.79 Å². The Kier molecular flexibility index (Phi) is 3.18. The van der Waals surface area contributed by atoms with Crippen LogP contribution in [0.3, 0.4) is 0 Å². The van der Waals surface area contributed by atoms with E-state index >= 15 is 0 Å². The number of aryl methyl sites for hydroxylation is 1. The summed E-state index contributed by atoms with van der Waals surface area (Å²) in [5.41, 5.74) is 0.905. The molecule has 20 heavy (non-hydrogen) atoms. The van der Waals surface area contributed by atoms with Crippen LogP contribution < -0.4 is 10.6 Å². The fourth-order valence-electron chi connectivity index (χ4n) is 2.56. The zero-order chi connectivity index (χ0) is 14.0. The largest absolute Gasteiger partial charge is 0.360 e. The summed E-state index contributed by atoms with van der Waals surface area (Å²) >= 11 is 0. The monoisotopic (exact) mass is 271 g/mol. The van der Waals surface area contributed by atoms with Gasteiger partial charge in [-0.05, 0) is 31.7 Å². The number of urea groups is 1. The third-order valence-electron chi connectivity index (χ3n) is 3.76. The fourth-order valence-corrected chi connectivity index (χ4v) is 2.56. The highest BCUT2D eigenvalue weighted by Crippen LogP contribution is 2.41. The van der Waals surface area contributed by atoms with Gasteiger partial charge in [-0.3, -0.25) is 5.32 Å². The van der Waals surface area contributed by atoms with Crippen molar-refractivity contribution in [2.75, 3.05) is 5.32 Å². The maximum Gasteiger partial charge on any atom is 0.321 e. The topological polar surface area (TPSA) is 67.2 Å². The van der Waals surface area contributed by atoms with Crippen LogP contribution in [0, 0.1) is 6.92 Å². The van der Waals surface area contributed by atoms with Crippen LogP contribution in [0.5, 0.6) is 0 Å². The summed E-state index contributed by atoms with van der Waals surface area (Å²) in [7, 11) is 0. The summed E-state index contributed by atoms with van der Waals surface area (Å²) in [4.78, 5) is 12.1. The van der Waals surface area contributed by atoms with Crippen molar-refractivity contribution in [1.82, 2.24) is 10.5 Å². The average molecular weight is 271 g/mol. The van der Waals surface area contributed by atoms with E-state index in [-0.39, 0.29) is 11.6 Å². The lowest BCUT2D eigenvalue weighted by Gasteiger charge is -2.42. The van der Waals surface area contributed by atoms with Gasteiger partial charge >= 0.3 is 6.03 Å². The van der Waals surface area contributed by atoms with E-state index in [4.69, 9.17) is 4.52 Å². The summed E-state index contributed by atoms with van der Waals surface area (Å²) in [5.74, 6) is 1.10. The highest BCUT2D eigenvalue weighted by Gasteiger charge is 2.39. The zero-order valence-corrected chi connectivity index (χ0v) is 11.3. The summed E-state index contributed by atoms with van der Waals surface area (Å²) in [5, 5.41) is 9.53. The van der Waals surface area contributed by atoms with Gasteiger partial charge in [-0.25, -0.2) is 4.79 Å². The fraction of sp³-hybridized carbons (Fsp3) is 0.333. The van der Waals surface area contributed by atoms with Crippen LogP contribution in [0.4, 0.5) is 10.6 Å². The summed E-state index contributed by atoms with van der Waals surface area (Å²) in [6.07, 6.45) is 3.04. The minimum atomic E-state index is -0.248. The lowest BCUT2D eigenvalue weighted by molar-refractivity contribution is 0.185. The molecule has 2 N–H and O–H groups in total. The first-order valence-corrected chi connectivity index (χ1v) is 6.76. The van der Waals surface area contributed by atoms with Gasteiger partial charge in [-0.2, -0.15) is 0 Å². The van der Waals surface area contributed by atoms with Gasteiger partial charge in [-0.15, -0.1) is 0 Å². The van der Waals surface area contributed by atoms with Crippen molar-refractivity contribution in [3.8, 4) is 0 Å². The lowest BCUT2D eigenvalue weighted by Crippen LogP contribution is -2.52. The maximum absolute atomic E-state index is 12.1. The molecule has 0 atom stereocenters. The van der Waals surface area contributed by atoms with E-state index < -0.39 is 0 Å². The van der Waals surface area contributed by atoms with E-state index in [1.165, 1.54) is 0 Å². The van der Waals surface area contributed by atoms with Gasteiger partial charge in [0.2, 0.25) is 0 Å². The molecule has 1 aromatic heterocycles. The van der Waals surface area contributed by atoms with E-state index in [0.29, 0.717) is 11.6 Å². The number of aromatic nitrogens is 1. The number of rotatable bonds is 3. The normalized spacial score (nSPS) is 16.2. The van der Waals surface area contributed by atoms with Crippen molar-refractivity contribution in [3.05, 3.63) is 47.7 Å².